The predicted molar refractivity (Wildman–Crippen MR) is 54.2 cm³/mol. The van der Waals surface area contributed by atoms with Gasteiger partial charge >= 0.3 is 0 Å². The lowest BCUT2D eigenvalue weighted by atomic mass is 10.1. The Morgan fingerprint density at radius 1 is 1.38 bits per heavy atom. The molecular formula is C9H10N2OS. The van der Waals surface area contributed by atoms with Crippen molar-refractivity contribution < 1.29 is 4.79 Å². The van der Waals surface area contributed by atoms with Crippen molar-refractivity contribution in [3.8, 4) is 0 Å². The third kappa shape index (κ3) is 2.32. The van der Waals surface area contributed by atoms with E-state index in [1.54, 1.807) is 23.9 Å². The average Bonchev–Trinajstić information content (AvgIpc) is 2.17. The predicted octanol–water partition coefficient (Wildman–Crippen LogP) is 1.26. The summed E-state index contributed by atoms with van der Waals surface area (Å²) in [5, 5.41) is 7.33. The fraction of sp³-hybridized carbons (Fsp3) is 0.111. The minimum absolute atomic E-state index is 0.146. The largest absolute Gasteiger partial charge is 0.364 e. The molecule has 0 fully saturated rings. The third-order valence-corrected chi connectivity index (χ3v) is 2.37. The Hall–Kier alpha value is -1.29. The SMILES string of the molecule is CSc1ccc(C(=N)C(N)=O)cc1. The summed E-state index contributed by atoms with van der Waals surface area (Å²) in [6.07, 6.45) is 1.97. The molecule has 0 radical (unpaired) electrons. The molecule has 3 nitrogen and oxygen atoms in total. The smallest absolute Gasteiger partial charge is 0.267 e. The van der Waals surface area contributed by atoms with Crippen LogP contribution < -0.4 is 5.73 Å². The average molecular weight is 194 g/mol. The van der Waals surface area contributed by atoms with E-state index in [0.717, 1.165) is 4.90 Å². The van der Waals surface area contributed by atoms with E-state index in [1.807, 2.05) is 18.4 Å². The van der Waals surface area contributed by atoms with Crippen LogP contribution in [0.25, 0.3) is 0 Å². The number of benzene rings is 1. The number of rotatable bonds is 3. The van der Waals surface area contributed by atoms with Crippen molar-refractivity contribution in [1.29, 1.82) is 5.41 Å². The van der Waals surface area contributed by atoms with E-state index in [-0.39, 0.29) is 5.71 Å². The Bertz CT molecular complexity index is 332. The summed E-state index contributed by atoms with van der Waals surface area (Å²) in [5.74, 6) is -0.697. The Kier molecular flexibility index (Phi) is 3.08. The minimum Gasteiger partial charge on any atom is -0.364 e. The van der Waals surface area contributed by atoms with Gasteiger partial charge < -0.3 is 5.73 Å². The first-order chi connectivity index (χ1) is 6.15. The maximum atomic E-state index is 10.6. The monoisotopic (exact) mass is 194 g/mol. The van der Waals surface area contributed by atoms with E-state index in [0.29, 0.717) is 5.56 Å². The molecule has 4 heteroatoms. The Morgan fingerprint density at radius 3 is 2.31 bits per heavy atom. The van der Waals surface area contributed by atoms with Gasteiger partial charge in [0.15, 0.2) is 0 Å². The number of hydrogen-bond acceptors (Lipinski definition) is 3. The van der Waals surface area contributed by atoms with E-state index in [4.69, 9.17) is 11.1 Å². The van der Waals surface area contributed by atoms with Crippen LogP contribution in [-0.2, 0) is 4.79 Å². The van der Waals surface area contributed by atoms with Crippen LogP contribution in [0, 0.1) is 5.41 Å². The van der Waals surface area contributed by atoms with E-state index in [1.165, 1.54) is 0 Å². The number of hydrogen-bond donors (Lipinski definition) is 2. The molecule has 3 N–H and O–H groups in total. The zero-order valence-corrected chi connectivity index (χ0v) is 8.02. The van der Waals surface area contributed by atoms with Gasteiger partial charge in [-0.3, -0.25) is 10.2 Å². The highest BCUT2D eigenvalue weighted by Crippen LogP contribution is 2.14. The molecule has 1 aromatic rings. The number of primary amides is 1. The molecule has 0 saturated heterocycles. The van der Waals surface area contributed by atoms with Gasteiger partial charge in [0.05, 0.1) is 0 Å². The normalized spacial score (nSPS) is 9.62. The van der Waals surface area contributed by atoms with E-state index in [9.17, 15) is 4.79 Å². The summed E-state index contributed by atoms with van der Waals surface area (Å²) in [5.41, 5.74) is 5.38. The number of thioether (sulfide) groups is 1. The summed E-state index contributed by atoms with van der Waals surface area (Å²) in [7, 11) is 0. The Labute approximate surface area is 80.8 Å². The van der Waals surface area contributed by atoms with Gasteiger partial charge in [-0.25, -0.2) is 0 Å². The van der Waals surface area contributed by atoms with Crippen LogP contribution in [0.2, 0.25) is 0 Å². The highest BCUT2D eigenvalue weighted by Gasteiger charge is 2.06. The molecule has 68 valence electrons. The highest BCUT2D eigenvalue weighted by molar-refractivity contribution is 7.98. The molecule has 0 unspecified atom stereocenters. The van der Waals surface area contributed by atoms with Crippen LogP contribution in [0.15, 0.2) is 29.2 Å². The van der Waals surface area contributed by atoms with Gasteiger partial charge in [-0.1, -0.05) is 12.1 Å². The first-order valence-electron chi connectivity index (χ1n) is 3.68. The van der Waals surface area contributed by atoms with Crippen LogP contribution >= 0.6 is 11.8 Å². The Morgan fingerprint density at radius 2 is 1.92 bits per heavy atom. The van der Waals surface area contributed by atoms with Gasteiger partial charge in [-0.15, -0.1) is 11.8 Å². The fourth-order valence-electron chi connectivity index (χ4n) is 0.900. The molecule has 1 aromatic carbocycles. The summed E-state index contributed by atoms with van der Waals surface area (Å²) in [6, 6.07) is 7.16. The number of amides is 1. The number of carbonyl (C=O) groups excluding carboxylic acids is 1. The van der Waals surface area contributed by atoms with Crippen LogP contribution in [-0.4, -0.2) is 17.9 Å². The summed E-state index contributed by atoms with van der Waals surface area (Å²) < 4.78 is 0. The van der Waals surface area contributed by atoms with Crippen molar-refractivity contribution in [3.05, 3.63) is 29.8 Å². The molecule has 0 aromatic heterocycles. The molecule has 0 aliphatic heterocycles. The maximum absolute atomic E-state index is 10.6. The molecule has 0 heterocycles. The molecule has 0 saturated carbocycles. The van der Waals surface area contributed by atoms with Crippen molar-refractivity contribution in [2.24, 2.45) is 5.73 Å². The van der Waals surface area contributed by atoms with Gasteiger partial charge in [0.2, 0.25) is 0 Å². The zero-order valence-electron chi connectivity index (χ0n) is 7.20. The van der Waals surface area contributed by atoms with Crippen molar-refractivity contribution in [1.82, 2.24) is 0 Å². The molecule has 1 amide bonds. The molecule has 0 atom stereocenters. The summed E-state index contributed by atoms with van der Waals surface area (Å²) in [4.78, 5) is 11.7. The van der Waals surface area contributed by atoms with Crippen LogP contribution in [0.3, 0.4) is 0 Å². The summed E-state index contributed by atoms with van der Waals surface area (Å²) >= 11 is 1.61. The quantitative estimate of drug-likeness (QED) is 0.562. The van der Waals surface area contributed by atoms with Gasteiger partial charge in [0, 0.05) is 10.5 Å². The van der Waals surface area contributed by atoms with Crippen LogP contribution in [0.4, 0.5) is 0 Å². The van der Waals surface area contributed by atoms with Gasteiger partial charge in [0.1, 0.15) is 5.71 Å². The lowest BCUT2D eigenvalue weighted by Crippen LogP contribution is -2.22. The standard InChI is InChI=1S/C9H10N2OS/c1-13-7-4-2-6(3-5-7)8(10)9(11)12/h2-5,10H,1H3,(H2,11,12). The van der Waals surface area contributed by atoms with E-state index >= 15 is 0 Å². The van der Waals surface area contributed by atoms with Crippen LogP contribution in [0.5, 0.6) is 0 Å². The number of nitrogens with two attached hydrogens (primary N) is 1. The minimum atomic E-state index is -0.697. The van der Waals surface area contributed by atoms with Crippen molar-refractivity contribution in [2.75, 3.05) is 6.26 Å². The fourth-order valence-corrected chi connectivity index (χ4v) is 1.31. The van der Waals surface area contributed by atoms with Gasteiger partial charge in [-0.2, -0.15) is 0 Å². The molecule has 0 aliphatic carbocycles. The highest BCUT2D eigenvalue weighted by atomic mass is 32.2. The second kappa shape index (κ2) is 4.09. The molecule has 0 spiro atoms. The second-order valence-electron chi connectivity index (χ2n) is 2.47. The third-order valence-electron chi connectivity index (χ3n) is 1.63. The molecule has 1 rings (SSSR count). The first-order valence-corrected chi connectivity index (χ1v) is 4.90. The topological polar surface area (TPSA) is 66.9 Å². The molecule has 13 heavy (non-hydrogen) atoms. The number of nitrogens with one attached hydrogen (secondary N) is 1. The van der Waals surface area contributed by atoms with E-state index in [2.05, 4.69) is 0 Å². The van der Waals surface area contributed by atoms with Gasteiger partial charge in [-0.05, 0) is 18.4 Å². The van der Waals surface area contributed by atoms with Gasteiger partial charge in [0.25, 0.3) is 5.91 Å². The lowest BCUT2D eigenvalue weighted by molar-refractivity contribution is -0.112. The van der Waals surface area contributed by atoms with Crippen LogP contribution in [0.1, 0.15) is 5.56 Å². The van der Waals surface area contributed by atoms with Crippen molar-refractivity contribution in [2.45, 2.75) is 4.90 Å². The van der Waals surface area contributed by atoms with E-state index < -0.39 is 5.91 Å². The Balaban J connectivity index is 2.92. The van der Waals surface area contributed by atoms with Crippen molar-refractivity contribution in [3.63, 3.8) is 0 Å². The molecule has 0 aliphatic rings. The second-order valence-corrected chi connectivity index (χ2v) is 3.35. The summed E-state index contributed by atoms with van der Waals surface area (Å²) in [6.45, 7) is 0. The lowest BCUT2D eigenvalue weighted by Gasteiger charge is -2.00. The maximum Gasteiger partial charge on any atom is 0.267 e. The zero-order chi connectivity index (χ0) is 9.84. The van der Waals surface area contributed by atoms with Crippen molar-refractivity contribution >= 4 is 23.4 Å². The molecule has 0 bridgehead atoms. The number of carbonyl (C=O) groups is 1. The first kappa shape index (κ1) is 9.80. The molecular weight excluding hydrogens is 184 g/mol.